The van der Waals surface area contributed by atoms with Crippen molar-refractivity contribution in [1.82, 2.24) is 40.4 Å². The molecule has 2 aromatic heterocycles. The van der Waals surface area contributed by atoms with Crippen molar-refractivity contribution in [3.63, 3.8) is 0 Å². The lowest BCUT2D eigenvalue weighted by Gasteiger charge is -2.04. The van der Waals surface area contributed by atoms with Crippen LogP contribution in [0, 0.1) is 0 Å². The number of carbonyl (C=O) groups is 2. The first-order valence-electron chi connectivity index (χ1n) is 8.71. The first-order valence-corrected chi connectivity index (χ1v) is 8.71. The predicted molar refractivity (Wildman–Crippen MR) is 98.6 cm³/mol. The minimum absolute atomic E-state index is 0.150. The van der Waals surface area contributed by atoms with Gasteiger partial charge in [-0.15, -0.1) is 20.4 Å². The fourth-order valence-corrected chi connectivity index (χ4v) is 2.56. The predicted octanol–water partition coefficient (Wildman–Crippen LogP) is 0.674. The molecule has 0 aliphatic rings. The molecule has 0 saturated carbocycles. The van der Waals surface area contributed by atoms with Crippen LogP contribution < -0.4 is 4.74 Å². The van der Waals surface area contributed by atoms with Crippen LogP contribution in [-0.2, 0) is 13.1 Å². The molecule has 4 aromatic rings. The summed E-state index contributed by atoms with van der Waals surface area (Å²) in [5.41, 5.74) is 1.64. The summed E-state index contributed by atoms with van der Waals surface area (Å²) in [6.07, 6.45) is 0. The van der Waals surface area contributed by atoms with Crippen LogP contribution in [0.15, 0.2) is 54.6 Å². The Bertz CT molecular complexity index is 1190. The molecule has 0 unspecified atom stereocenters. The molecule has 2 heterocycles. The third kappa shape index (κ3) is 4.49. The lowest BCUT2D eigenvalue weighted by molar-refractivity contribution is 0.0680. The molecule has 2 aromatic carbocycles. The fraction of sp³-hybridized carbons (Fsp3) is 0.111. The van der Waals surface area contributed by atoms with Gasteiger partial charge in [-0.3, -0.25) is 0 Å². The molecule has 4 rings (SSSR count). The lowest BCUT2D eigenvalue weighted by Crippen LogP contribution is -2.12. The van der Waals surface area contributed by atoms with Gasteiger partial charge in [0.15, 0.2) is 0 Å². The van der Waals surface area contributed by atoms with E-state index in [1.165, 1.54) is 4.80 Å². The maximum Gasteiger partial charge on any atom is 0.385 e. The number of carbonyl (C=O) groups excluding carboxylic acids is 1. The molecule has 0 radical (unpaired) electrons. The summed E-state index contributed by atoms with van der Waals surface area (Å²) in [5, 5.41) is 31.3. The number of esters is 1. The van der Waals surface area contributed by atoms with E-state index in [2.05, 4.69) is 30.8 Å². The van der Waals surface area contributed by atoms with E-state index in [1.54, 1.807) is 24.3 Å². The zero-order chi connectivity index (χ0) is 20.9. The van der Waals surface area contributed by atoms with Crippen LogP contribution in [0.3, 0.4) is 0 Å². The second-order valence-electron chi connectivity index (χ2n) is 6.11. The van der Waals surface area contributed by atoms with Crippen molar-refractivity contribution in [2.45, 2.75) is 13.1 Å². The molecule has 150 valence electrons. The molecule has 1 N–H and O–H groups in total. The van der Waals surface area contributed by atoms with Gasteiger partial charge in [0.2, 0.25) is 0 Å². The molecular weight excluding hydrogens is 392 g/mol. The number of carboxylic acids is 1. The zero-order valence-corrected chi connectivity index (χ0v) is 15.4. The minimum atomic E-state index is -1.27. The maximum atomic E-state index is 12.3. The third-order valence-electron chi connectivity index (χ3n) is 3.88. The highest BCUT2D eigenvalue weighted by Gasteiger charge is 2.16. The van der Waals surface area contributed by atoms with Crippen LogP contribution in [0.5, 0.6) is 5.75 Å². The summed E-state index contributed by atoms with van der Waals surface area (Å²) in [4.78, 5) is 25.6. The fourth-order valence-electron chi connectivity index (χ4n) is 2.56. The molecule has 0 aliphatic carbocycles. The standard InChI is InChI=1S/C18H14N8O4/c27-17(28)15-19-23-26(21-15)11-13-7-4-8-14(9-13)30-18(29)16-20-24-25(22-16)10-12-5-2-1-3-6-12/h1-9H,10-11H2,(H,27,28). The van der Waals surface area contributed by atoms with E-state index in [-0.39, 0.29) is 18.1 Å². The number of aromatic carboxylic acids is 1. The summed E-state index contributed by atoms with van der Waals surface area (Å²) in [6.45, 7) is 0.525. The van der Waals surface area contributed by atoms with Gasteiger partial charge in [-0.2, -0.15) is 9.59 Å². The number of hydrogen-bond acceptors (Lipinski definition) is 9. The van der Waals surface area contributed by atoms with Crippen LogP contribution in [0.1, 0.15) is 32.4 Å². The van der Waals surface area contributed by atoms with Crippen LogP contribution in [0.2, 0.25) is 0 Å². The van der Waals surface area contributed by atoms with Gasteiger partial charge in [-0.05, 0) is 33.7 Å². The Morgan fingerprint density at radius 3 is 2.17 bits per heavy atom. The van der Waals surface area contributed by atoms with Crippen molar-refractivity contribution in [3.05, 3.63) is 77.4 Å². The quantitative estimate of drug-likeness (QED) is 0.342. The van der Waals surface area contributed by atoms with Gasteiger partial charge in [-0.1, -0.05) is 42.5 Å². The largest absolute Gasteiger partial charge is 0.475 e. The van der Waals surface area contributed by atoms with Crippen molar-refractivity contribution < 1.29 is 19.4 Å². The van der Waals surface area contributed by atoms with E-state index in [1.807, 2.05) is 30.3 Å². The highest BCUT2D eigenvalue weighted by Crippen LogP contribution is 2.15. The van der Waals surface area contributed by atoms with E-state index in [4.69, 9.17) is 9.84 Å². The SMILES string of the molecule is O=C(O)c1nnn(Cc2cccc(OC(=O)c3nnn(Cc4ccccc4)n3)c2)n1. The Balaban J connectivity index is 1.41. The molecule has 0 fully saturated rings. The van der Waals surface area contributed by atoms with Crippen LogP contribution >= 0.6 is 0 Å². The van der Waals surface area contributed by atoms with Gasteiger partial charge < -0.3 is 9.84 Å². The average molecular weight is 406 g/mol. The highest BCUT2D eigenvalue weighted by atomic mass is 16.5. The summed E-state index contributed by atoms with van der Waals surface area (Å²) >= 11 is 0. The van der Waals surface area contributed by atoms with Crippen molar-refractivity contribution in [2.24, 2.45) is 0 Å². The summed E-state index contributed by atoms with van der Waals surface area (Å²) in [5.74, 6) is -2.33. The minimum Gasteiger partial charge on any atom is -0.475 e. The van der Waals surface area contributed by atoms with Crippen molar-refractivity contribution >= 4 is 11.9 Å². The Labute approximate surface area is 168 Å². The average Bonchev–Trinajstić information content (AvgIpc) is 3.39. The Hall–Kier alpha value is -4.48. The van der Waals surface area contributed by atoms with Gasteiger partial charge in [0.25, 0.3) is 11.6 Å². The second kappa shape index (κ2) is 8.26. The summed E-state index contributed by atoms with van der Waals surface area (Å²) < 4.78 is 5.31. The molecule has 0 bridgehead atoms. The van der Waals surface area contributed by atoms with Gasteiger partial charge in [-0.25, -0.2) is 9.59 Å². The van der Waals surface area contributed by atoms with Gasteiger partial charge in [0, 0.05) is 0 Å². The molecule has 0 atom stereocenters. The highest BCUT2D eigenvalue weighted by molar-refractivity contribution is 5.86. The van der Waals surface area contributed by atoms with E-state index in [0.717, 1.165) is 10.4 Å². The Morgan fingerprint density at radius 2 is 1.47 bits per heavy atom. The molecule has 30 heavy (non-hydrogen) atoms. The summed E-state index contributed by atoms with van der Waals surface area (Å²) in [7, 11) is 0. The maximum absolute atomic E-state index is 12.3. The normalized spacial score (nSPS) is 10.7. The number of ether oxygens (including phenoxy) is 1. The van der Waals surface area contributed by atoms with E-state index >= 15 is 0 Å². The van der Waals surface area contributed by atoms with Crippen LogP contribution in [0.4, 0.5) is 0 Å². The number of nitrogens with zero attached hydrogens (tertiary/aromatic N) is 8. The lowest BCUT2D eigenvalue weighted by atomic mass is 10.2. The van der Waals surface area contributed by atoms with Gasteiger partial charge in [0.1, 0.15) is 5.75 Å². The smallest absolute Gasteiger partial charge is 0.385 e. The molecule has 0 amide bonds. The van der Waals surface area contributed by atoms with Crippen LogP contribution in [-0.4, -0.2) is 57.5 Å². The third-order valence-corrected chi connectivity index (χ3v) is 3.88. The first-order chi connectivity index (χ1) is 14.6. The Kier molecular flexibility index (Phi) is 5.19. The number of tetrazole rings is 2. The molecular formula is C18H14N8O4. The topological polar surface area (TPSA) is 151 Å². The van der Waals surface area contributed by atoms with Gasteiger partial charge >= 0.3 is 11.9 Å². The van der Waals surface area contributed by atoms with E-state index in [9.17, 15) is 9.59 Å². The molecule has 0 aliphatic heterocycles. The molecule has 12 nitrogen and oxygen atoms in total. The summed E-state index contributed by atoms with van der Waals surface area (Å²) in [6, 6.07) is 16.1. The van der Waals surface area contributed by atoms with Crippen molar-refractivity contribution in [2.75, 3.05) is 0 Å². The number of carboxylic acid groups (broad SMARTS) is 1. The second-order valence-corrected chi connectivity index (χ2v) is 6.11. The molecule has 0 saturated heterocycles. The monoisotopic (exact) mass is 406 g/mol. The van der Waals surface area contributed by atoms with E-state index < -0.39 is 17.8 Å². The zero-order valence-electron chi connectivity index (χ0n) is 15.4. The number of rotatable bonds is 7. The molecule has 12 heteroatoms. The van der Waals surface area contributed by atoms with Gasteiger partial charge in [0.05, 0.1) is 13.1 Å². The van der Waals surface area contributed by atoms with Crippen molar-refractivity contribution in [3.8, 4) is 5.75 Å². The van der Waals surface area contributed by atoms with Crippen LogP contribution in [0.25, 0.3) is 0 Å². The van der Waals surface area contributed by atoms with E-state index in [0.29, 0.717) is 12.1 Å². The number of aromatic nitrogens is 8. The first kappa shape index (κ1) is 18.9. The van der Waals surface area contributed by atoms with Crippen molar-refractivity contribution in [1.29, 1.82) is 0 Å². The molecule has 0 spiro atoms. The number of benzene rings is 2. The number of hydrogen-bond donors (Lipinski definition) is 1. The Morgan fingerprint density at radius 1 is 0.833 bits per heavy atom.